The molecular formula is C15H18N4O2. The van der Waals surface area contributed by atoms with Crippen LogP contribution in [0.15, 0.2) is 36.8 Å². The number of fused-ring (bicyclic) bond motifs is 1. The summed E-state index contributed by atoms with van der Waals surface area (Å²) in [5, 5.41) is 4.24. The quantitative estimate of drug-likeness (QED) is 0.872. The van der Waals surface area contributed by atoms with E-state index < -0.39 is 0 Å². The summed E-state index contributed by atoms with van der Waals surface area (Å²) >= 11 is 0. The molecule has 1 aliphatic rings. The lowest BCUT2D eigenvalue weighted by atomic mass is 10.0. The number of hydrogen-bond donors (Lipinski definition) is 1. The fourth-order valence-corrected chi connectivity index (χ4v) is 2.58. The molecular weight excluding hydrogens is 268 g/mol. The first-order valence-corrected chi connectivity index (χ1v) is 7.13. The van der Waals surface area contributed by atoms with Gasteiger partial charge in [-0.05, 0) is 49.9 Å². The van der Waals surface area contributed by atoms with Gasteiger partial charge in [0.15, 0.2) is 0 Å². The number of amides is 1. The fraction of sp³-hybridized carbons (Fsp3) is 0.400. The van der Waals surface area contributed by atoms with Crippen LogP contribution in [0.1, 0.15) is 43.2 Å². The van der Waals surface area contributed by atoms with Crippen LogP contribution in [0.25, 0.3) is 0 Å². The molecule has 0 saturated heterocycles. The van der Waals surface area contributed by atoms with Crippen molar-refractivity contribution in [2.75, 3.05) is 0 Å². The van der Waals surface area contributed by atoms with E-state index in [1.165, 1.54) is 0 Å². The van der Waals surface area contributed by atoms with E-state index in [0.29, 0.717) is 0 Å². The molecule has 2 aromatic rings. The number of carbonyl (C=O) groups is 1. The van der Waals surface area contributed by atoms with Crippen LogP contribution in [0.4, 0.5) is 0 Å². The Labute approximate surface area is 123 Å². The number of nitrogens with one attached hydrogen (secondary N) is 1. The van der Waals surface area contributed by atoms with E-state index in [9.17, 15) is 4.79 Å². The molecule has 2 atom stereocenters. The SMILES string of the molecule is C[C@H](ONC(=O)C1CCCc2ccnn21)c1ccncc1. The Kier molecular flexibility index (Phi) is 3.96. The highest BCUT2D eigenvalue weighted by atomic mass is 16.7. The van der Waals surface area contributed by atoms with E-state index in [1.807, 2.05) is 25.1 Å². The molecule has 0 aromatic carbocycles. The Bertz CT molecular complexity index is 611. The predicted molar refractivity (Wildman–Crippen MR) is 76.1 cm³/mol. The third-order valence-corrected chi connectivity index (χ3v) is 3.77. The lowest BCUT2D eigenvalue weighted by Gasteiger charge is -2.24. The van der Waals surface area contributed by atoms with Gasteiger partial charge in [-0.15, -0.1) is 0 Å². The number of aromatic nitrogens is 3. The van der Waals surface area contributed by atoms with Gasteiger partial charge in [-0.1, -0.05) is 0 Å². The largest absolute Gasteiger partial charge is 0.270 e. The molecule has 0 spiro atoms. The lowest BCUT2D eigenvalue weighted by molar-refractivity contribution is -0.142. The summed E-state index contributed by atoms with van der Waals surface area (Å²) in [7, 11) is 0. The number of carbonyl (C=O) groups excluding carboxylic acids is 1. The second kappa shape index (κ2) is 6.05. The van der Waals surface area contributed by atoms with Crippen LogP contribution < -0.4 is 5.48 Å². The average molecular weight is 286 g/mol. The summed E-state index contributed by atoms with van der Waals surface area (Å²) in [4.78, 5) is 21.7. The molecule has 1 aliphatic heterocycles. The van der Waals surface area contributed by atoms with Crippen molar-refractivity contribution in [1.82, 2.24) is 20.2 Å². The van der Waals surface area contributed by atoms with Gasteiger partial charge in [0.25, 0.3) is 5.91 Å². The number of pyridine rings is 1. The maximum atomic E-state index is 12.3. The lowest BCUT2D eigenvalue weighted by Crippen LogP contribution is -2.36. The Morgan fingerprint density at radius 1 is 1.38 bits per heavy atom. The number of rotatable bonds is 4. The molecule has 6 heteroatoms. The maximum Gasteiger partial charge on any atom is 0.268 e. The van der Waals surface area contributed by atoms with Crippen molar-refractivity contribution < 1.29 is 9.63 Å². The predicted octanol–water partition coefficient (Wildman–Crippen LogP) is 1.96. The Morgan fingerprint density at radius 2 is 2.19 bits per heavy atom. The van der Waals surface area contributed by atoms with Crippen LogP contribution in [0, 0.1) is 0 Å². The van der Waals surface area contributed by atoms with Crippen LogP contribution in [-0.2, 0) is 16.1 Å². The summed E-state index contributed by atoms with van der Waals surface area (Å²) in [5.74, 6) is -0.152. The standard InChI is InChI=1S/C15H18N4O2/c1-11(12-5-8-16-9-6-12)21-18-15(20)14-4-2-3-13-7-10-17-19(13)14/h5-11,14H,2-4H2,1H3,(H,18,20)/t11-,14?/m0/s1. The van der Waals surface area contributed by atoms with E-state index in [1.54, 1.807) is 23.3 Å². The second-order valence-electron chi connectivity index (χ2n) is 5.18. The highest BCUT2D eigenvalue weighted by Crippen LogP contribution is 2.24. The van der Waals surface area contributed by atoms with E-state index in [-0.39, 0.29) is 18.1 Å². The minimum Gasteiger partial charge on any atom is -0.270 e. The molecule has 1 N–H and O–H groups in total. The summed E-state index contributed by atoms with van der Waals surface area (Å²) in [6, 6.07) is 5.40. The summed E-state index contributed by atoms with van der Waals surface area (Å²) in [5.41, 5.74) is 4.63. The molecule has 1 unspecified atom stereocenters. The summed E-state index contributed by atoms with van der Waals surface area (Å²) in [6.45, 7) is 1.88. The van der Waals surface area contributed by atoms with E-state index >= 15 is 0 Å². The number of aryl methyl sites for hydroxylation is 1. The van der Waals surface area contributed by atoms with Crippen molar-refractivity contribution in [2.45, 2.75) is 38.3 Å². The smallest absolute Gasteiger partial charge is 0.268 e. The van der Waals surface area contributed by atoms with Gasteiger partial charge in [-0.2, -0.15) is 5.10 Å². The number of hydroxylamine groups is 1. The van der Waals surface area contributed by atoms with Crippen molar-refractivity contribution in [3.05, 3.63) is 48.0 Å². The van der Waals surface area contributed by atoms with Gasteiger partial charge in [0.2, 0.25) is 0 Å². The monoisotopic (exact) mass is 286 g/mol. The third kappa shape index (κ3) is 2.95. The summed E-state index contributed by atoms with van der Waals surface area (Å²) in [6.07, 6.45) is 7.66. The molecule has 0 radical (unpaired) electrons. The zero-order valence-corrected chi connectivity index (χ0v) is 11.9. The number of nitrogens with zero attached hydrogens (tertiary/aromatic N) is 3. The van der Waals surface area contributed by atoms with Crippen LogP contribution in [0.5, 0.6) is 0 Å². The van der Waals surface area contributed by atoms with Gasteiger partial charge in [0.1, 0.15) is 12.1 Å². The molecule has 0 aliphatic carbocycles. The fourth-order valence-electron chi connectivity index (χ4n) is 2.58. The van der Waals surface area contributed by atoms with E-state index in [2.05, 4.69) is 15.6 Å². The molecule has 110 valence electrons. The van der Waals surface area contributed by atoms with Crippen LogP contribution >= 0.6 is 0 Å². The van der Waals surface area contributed by atoms with Gasteiger partial charge in [-0.25, -0.2) is 5.48 Å². The Morgan fingerprint density at radius 3 is 3.00 bits per heavy atom. The van der Waals surface area contributed by atoms with Gasteiger partial charge in [-0.3, -0.25) is 19.3 Å². The van der Waals surface area contributed by atoms with Crippen LogP contribution in [0.2, 0.25) is 0 Å². The van der Waals surface area contributed by atoms with Gasteiger partial charge in [0, 0.05) is 24.3 Å². The normalized spacial score (nSPS) is 18.8. The topological polar surface area (TPSA) is 69.0 Å². The molecule has 6 nitrogen and oxygen atoms in total. The van der Waals surface area contributed by atoms with Crippen molar-refractivity contribution >= 4 is 5.91 Å². The van der Waals surface area contributed by atoms with Crippen molar-refractivity contribution in [3.63, 3.8) is 0 Å². The van der Waals surface area contributed by atoms with E-state index in [4.69, 9.17) is 4.84 Å². The Balaban J connectivity index is 1.61. The molecule has 1 amide bonds. The van der Waals surface area contributed by atoms with Crippen LogP contribution in [0.3, 0.4) is 0 Å². The molecule has 0 saturated carbocycles. The molecule has 2 aromatic heterocycles. The van der Waals surface area contributed by atoms with Gasteiger partial charge >= 0.3 is 0 Å². The first-order valence-electron chi connectivity index (χ1n) is 7.13. The summed E-state index contributed by atoms with van der Waals surface area (Å²) < 4.78 is 1.79. The number of hydrogen-bond acceptors (Lipinski definition) is 4. The molecule has 0 fully saturated rings. The van der Waals surface area contributed by atoms with Crippen molar-refractivity contribution in [1.29, 1.82) is 0 Å². The van der Waals surface area contributed by atoms with Crippen LogP contribution in [-0.4, -0.2) is 20.7 Å². The molecule has 3 heterocycles. The zero-order valence-electron chi connectivity index (χ0n) is 11.9. The van der Waals surface area contributed by atoms with E-state index in [0.717, 1.165) is 30.5 Å². The van der Waals surface area contributed by atoms with Crippen molar-refractivity contribution in [3.8, 4) is 0 Å². The van der Waals surface area contributed by atoms with Gasteiger partial charge < -0.3 is 0 Å². The molecule has 0 bridgehead atoms. The highest BCUT2D eigenvalue weighted by molar-refractivity contribution is 5.79. The third-order valence-electron chi connectivity index (χ3n) is 3.77. The minimum absolute atomic E-state index is 0.152. The molecule has 3 rings (SSSR count). The Hall–Kier alpha value is -2.21. The highest BCUT2D eigenvalue weighted by Gasteiger charge is 2.27. The average Bonchev–Trinajstić information content (AvgIpc) is 3.01. The second-order valence-corrected chi connectivity index (χ2v) is 5.18. The zero-order chi connectivity index (χ0) is 14.7. The first-order chi connectivity index (χ1) is 10.3. The van der Waals surface area contributed by atoms with Crippen molar-refractivity contribution in [2.24, 2.45) is 0 Å². The maximum absolute atomic E-state index is 12.3. The minimum atomic E-state index is -0.284. The first kappa shape index (κ1) is 13.8. The molecule has 21 heavy (non-hydrogen) atoms. The van der Waals surface area contributed by atoms with Gasteiger partial charge in [0.05, 0.1) is 0 Å².